The van der Waals surface area contributed by atoms with Crippen molar-refractivity contribution in [2.75, 3.05) is 16.4 Å². The molecule has 0 bridgehead atoms. The van der Waals surface area contributed by atoms with Crippen molar-refractivity contribution in [2.24, 2.45) is 5.92 Å². The topological polar surface area (TPSA) is 145 Å². The van der Waals surface area contributed by atoms with Gasteiger partial charge in [-0.15, -0.1) is 0 Å². The molecule has 1 aliphatic rings. The first-order valence-corrected chi connectivity index (χ1v) is 15.1. The molecule has 10 nitrogen and oxygen atoms in total. The number of aryl methyl sites for hydroxylation is 1. The summed E-state index contributed by atoms with van der Waals surface area (Å²) in [7, 11) is -3.76. The number of nitrogen functional groups attached to an aromatic ring is 1. The van der Waals surface area contributed by atoms with Gasteiger partial charge in [0.15, 0.2) is 5.65 Å². The molecule has 1 atom stereocenters. The molecule has 5 aromatic rings. The van der Waals surface area contributed by atoms with Crippen molar-refractivity contribution < 1.29 is 13.2 Å². The SMILES string of the molecule is Cc1ccc(NC(=O)c2ccc(N)cc2)cc1Nc1cc(-c2cnc3c(ccn3S(=O)(=O)C3=CCC(C)C=C3)c2)ncn1. The summed E-state index contributed by atoms with van der Waals surface area (Å²) in [6, 6.07) is 17.6. The minimum Gasteiger partial charge on any atom is -0.399 e. The lowest BCUT2D eigenvalue weighted by Gasteiger charge is -2.13. The maximum atomic E-state index is 13.3. The van der Waals surface area contributed by atoms with Crippen molar-refractivity contribution >= 4 is 49.8 Å². The molecule has 11 heteroatoms. The molecule has 4 N–H and O–H groups in total. The number of amides is 1. The van der Waals surface area contributed by atoms with Crippen molar-refractivity contribution in [1.29, 1.82) is 0 Å². The third kappa shape index (κ3) is 5.75. The molecule has 0 saturated carbocycles. The molecule has 0 radical (unpaired) electrons. The molecule has 0 aliphatic heterocycles. The number of carbonyl (C=O) groups excluding carboxylic acids is 1. The first kappa shape index (κ1) is 27.9. The Balaban J connectivity index is 1.23. The number of carbonyl (C=O) groups is 1. The molecule has 0 fully saturated rings. The van der Waals surface area contributed by atoms with Crippen LogP contribution in [-0.2, 0) is 10.0 Å². The van der Waals surface area contributed by atoms with E-state index in [9.17, 15) is 13.2 Å². The molecule has 0 spiro atoms. The number of hydrogen-bond donors (Lipinski definition) is 3. The van der Waals surface area contributed by atoms with Crippen LogP contribution in [0.25, 0.3) is 22.3 Å². The molecule has 216 valence electrons. The fourth-order valence-corrected chi connectivity index (χ4v) is 6.13. The van der Waals surface area contributed by atoms with Gasteiger partial charge in [0.05, 0.1) is 10.6 Å². The Morgan fingerprint density at radius 2 is 1.84 bits per heavy atom. The Hall–Kier alpha value is -5.29. The molecule has 3 heterocycles. The lowest BCUT2D eigenvalue weighted by Crippen LogP contribution is -2.15. The Morgan fingerprint density at radius 1 is 1.02 bits per heavy atom. The van der Waals surface area contributed by atoms with E-state index in [1.54, 1.807) is 54.7 Å². The van der Waals surface area contributed by atoms with E-state index in [2.05, 4.69) is 25.6 Å². The number of anilines is 4. The van der Waals surface area contributed by atoms with Crippen LogP contribution in [0.2, 0.25) is 0 Å². The summed E-state index contributed by atoms with van der Waals surface area (Å²) in [5.74, 6) is 0.605. The van der Waals surface area contributed by atoms with Crippen molar-refractivity contribution in [1.82, 2.24) is 18.9 Å². The molecule has 43 heavy (non-hydrogen) atoms. The van der Waals surface area contributed by atoms with Crippen molar-refractivity contribution in [3.8, 4) is 11.3 Å². The number of nitrogens with zero attached hydrogens (tertiary/aromatic N) is 4. The second-order valence-electron chi connectivity index (χ2n) is 10.5. The molecular formula is C32H29N7O3S. The molecule has 3 aromatic heterocycles. The van der Waals surface area contributed by atoms with Gasteiger partial charge in [0.25, 0.3) is 15.9 Å². The predicted octanol–water partition coefficient (Wildman–Crippen LogP) is 6.04. The summed E-state index contributed by atoms with van der Waals surface area (Å²) >= 11 is 0. The van der Waals surface area contributed by atoms with E-state index in [0.717, 1.165) is 11.3 Å². The van der Waals surface area contributed by atoms with E-state index in [1.165, 1.54) is 16.5 Å². The van der Waals surface area contributed by atoms with Crippen LogP contribution >= 0.6 is 0 Å². The summed E-state index contributed by atoms with van der Waals surface area (Å²) in [4.78, 5) is 26.2. The minimum absolute atomic E-state index is 0.245. The number of fused-ring (bicyclic) bond motifs is 1. The zero-order valence-corrected chi connectivity index (χ0v) is 24.3. The standard InChI is InChI=1S/C32H29N7O3S/c1-20-3-11-27(12-4-20)43(41,42)39-14-13-23-15-24(18-34-31(23)39)29-17-30(36-19-35-29)38-28-16-26(10-5-21(28)2)37-32(40)22-6-8-25(33)9-7-22/h3,5-20H,4,33H2,1-2H3,(H,37,40)(H,35,36,38). The second-order valence-corrected chi connectivity index (χ2v) is 12.3. The monoisotopic (exact) mass is 591 g/mol. The van der Waals surface area contributed by atoms with Gasteiger partial charge in [-0.1, -0.05) is 25.1 Å². The van der Waals surface area contributed by atoms with Crippen molar-refractivity contribution in [2.45, 2.75) is 20.3 Å². The molecule has 0 saturated heterocycles. The molecule has 6 rings (SSSR count). The first-order valence-electron chi connectivity index (χ1n) is 13.7. The Bertz CT molecular complexity index is 2030. The van der Waals surface area contributed by atoms with E-state index < -0.39 is 10.0 Å². The highest BCUT2D eigenvalue weighted by atomic mass is 32.2. The highest BCUT2D eigenvalue weighted by molar-refractivity contribution is 7.94. The van der Waals surface area contributed by atoms with Crippen LogP contribution in [0.3, 0.4) is 0 Å². The first-order chi connectivity index (χ1) is 20.7. The van der Waals surface area contributed by atoms with Crippen LogP contribution in [0.4, 0.5) is 22.9 Å². The Labute approximate surface area is 249 Å². The highest BCUT2D eigenvalue weighted by Crippen LogP contribution is 2.29. The number of nitrogens with two attached hydrogens (primary N) is 1. The van der Waals surface area contributed by atoms with Gasteiger partial charge in [0.2, 0.25) is 0 Å². The average Bonchev–Trinajstić information content (AvgIpc) is 3.44. The van der Waals surface area contributed by atoms with Crippen molar-refractivity contribution in [3.63, 3.8) is 0 Å². The van der Waals surface area contributed by atoms with Gasteiger partial charge in [0, 0.05) is 52.0 Å². The Kier molecular flexibility index (Phi) is 7.24. The fraction of sp³-hybridized carbons (Fsp3) is 0.125. The third-order valence-corrected chi connectivity index (χ3v) is 8.93. The lowest BCUT2D eigenvalue weighted by molar-refractivity contribution is 0.102. The molecule has 1 unspecified atom stereocenters. The summed E-state index contributed by atoms with van der Waals surface area (Å²) < 4.78 is 27.8. The van der Waals surface area contributed by atoms with E-state index in [0.29, 0.717) is 57.4 Å². The lowest BCUT2D eigenvalue weighted by atomic mass is 10.0. The van der Waals surface area contributed by atoms with Crippen LogP contribution < -0.4 is 16.4 Å². The fourth-order valence-electron chi connectivity index (χ4n) is 4.74. The molecule has 2 aromatic carbocycles. The zero-order valence-electron chi connectivity index (χ0n) is 23.5. The number of pyridine rings is 1. The van der Waals surface area contributed by atoms with Crippen LogP contribution in [-0.4, -0.2) is 33.2 Å². The van der Waals surface area contributed by atoms with Gasteiger partial charge in [-0.2, -0.15) is 0 Å². The van der Waals surface area contributed by atoms with Crippen LogP contribution in [0.5, 0.6) is 0 Å². The van der Waals surface area contributed by atoms with Gasteiger partial charge in [0.1, 0.15) is 12.1 Å². The number of hydrogen-bond acceptors (Lipinski definition) is 8. The van der Waals surface area contributed by atoms with Crippen LogP contribution in [0.1, 0.15) is 29.3 Å². The van der Waals surface area contributed by atoms with E-state index in [4.69, 9.17) is 5.73 Å². The maximum Gasteiger partial charge on any atom is 0.269 e. The van der Waals surface area contributed by atoms with E-state index >= 15 is 0 Å². The average molecular weight is 592 g/mol. The van der Waals surface area contributed by atoms with Crippen LogP contribution in [0.15, 0.2) is 103 Å². The van der Waals surface area contributed by atoms with Gasteiger partial charge < -0.3 is 16.4 Å². The molecular weight excluding hydrogens is 562 g/mol. The largest absolute Gasteiger partial charge is 0.399 e. The third-order valence-electron chi connectivity index (χ3n) is 7.22. The van der Waals surface area contributed by atoms with Gasteiger partial charge in [-0.05, 0) is 79.4 Å². The van der Waals surface area contributed by atoms with E-state index in [1.807, 2.05) is 44.2 Å². The smallest absolute Gasteiger partial charge is 0.269 e. The van der Waals surface area contributed by atoms with Gasteiger partial charge >= 0.3 is 0 Å². The van der Waals surface area contributed by atoms with E-state index in [-0.39, 0.29) is 10.8 Å². The maximum absolute atomic E-state index is 13.3. The molecule has 1 aliphatic carbocycles. The number of aromatic nitrogens is 4. The summed E-state index contributed by atoms with van der Waals surface area (Å²) in [5, 5.41) is 6.89. The normalized spacial score (nSPS) is 14.8. The number of benzene rings is 2. The number of nitrogens with one attached hydrogen (secondary N) is 2. The highest BCUT2D eigenvalue weighted by Gasteiger charge is 2.23. The second kappa shape index (κ2) is 11.2. The zero-order chi connectivity index (χ0) is 30.1. The summed E-state index contributed by atoms with van der Waals surface area (Å²) in [6.07, 6.45) is 10.6. The molecule has 1 amide bonds. The predicted molar refractivity (Wildman–Crippen MR) is 169 cm³/mol. The number of rotatable bonds is 7. The van der Waals surface area contributed by atoms with Crippen molar-refractivity contribution in [3.05, 3.63) is 114 Å². The van der Waals surface area contributed by atoms with Gasteiger partial charge in [-0.3, -0.25) is 4.79 Å². The number of allylic oxidation sites excluding steroid dienone is 3. The van der Waals surface area contributed by atoms with Crippen LogP contribution in [0, 0.1) is 12.8 Å². The quantitative estimate of drug-likeness (QED) is 0.194. The summed E-state index contributed by atoms with van der Waals surface area (Å²) in [5.41, 5.74) is 10.8. The van der Waals surface area contributed by atoms with Gasteiger partial charge in [-0.25, -0.2) is 27.3 Å². The minimum atomic E-state index is -3.76. The Morgan fingerprint density at radius 3 is 2.60 bits per heavy atom. The summed E-state index contributed by atoms with van der Waals surface area (Å²) in [6.45, 7) is 3.99.